The van der Waals surface area contributed by atoms with E-state index in [1.807, 2.05) is 6.92 Å². The van der Waals surface area contributed by atoms with E-state index in [1.165, 1.54) is 13.5 Å². The second kappa shape index (κ2) is 15.0. The second-order valence-corrected chi connectivity index (χ2v) is 4.73. The largest absolute Gasteiger partial charge is 0.392 e. The van der Waals surface area contributed by atoms with E-state index >= 15 is 0 Å². The lowest BCUT2D eigenvalue weighted by atomic mass is 10.2. The van der Waals surface area contributed by atoms with Crippen molar-refractivity contribution in [3.63, 3.8) is 0 Å². The van der Waals surface area contributed by atoms with Crippen molar-refractivity contribution in [1.29, 1.82) is 0 Å². The summed E-state index contributed by atoms with van der Waals surface area (Å²) in [5.41, 5.74) is 9.68. The molecule has 4 heteroatoms. The number of nitrogens with two attached hydrogens (primary N) is 2. The first-order valence-corrected chi connectivity index (χ1v) is 5.85. The molecule has 0 fully saturated rings. The van der Waals surface area contributed by atoms with E-state index in [-0.39, 0.29) is 0 Å². The minimum Gasteiger partial charge on any atom is -0.392 e. The van der Waals surface area contributed by atoms with Gasteiger partial charge in [0.2, 0.25) is 0 Å². The van der Waals surface area contributed by atoms with Crippen molar-refractivity contribution in [3.05, 3.63) is 9.09 Å². The third-order valence-corrected chi connectivity index (χ3v) is 2.70. The van der Waals surface area contributed by atoms with Gasteiger partial charge in [0.05, 0.1) is 4.61 Å². The van der Waals surface area contributed by atoms with Crippen LogP contribution in [-0.2, 0) is 0 Å². The summed E-state index contributed by atoms with van der Waals surface area (Å²) in [4.78, 5) is 0. The zero-order chi connectivity index (χ0) is 11.4. The van der Waals surface area contributed by atoms with Crippen LogP contribution in [-0.4, -0.2) is 7.05 Å². The van der Waals surface area contributed by atoms with Crippen LogP contribution in [0.4, 0.5) is 0 Å². The molecule has 2 nitrogen and oxygen atoms in total. The predicted octanol–water partition coefficient (Wildman–Crippen LogP) is 3.55. The molecule has 0 saturated carbocycles. The Morgan fingerprint density at radius 3 is 1.38 bits per heavy atom. The molecule has 0 spiro atoms. The third-order valence-electron chi connectivity index (χ3n) is 1.15. The van der Waals surface area contributed by atoms with Crippen LogP contribution in [0.15, 0.2) is 9.09 Å². The first-order chi connectivity index (χ1) is 5.91. The lowest BCUT2D eigenvalue weighted by Gasteiger charge is -1.90. The Balaban J connectivity index is -0.000000131. The molecule has 82 valence electrons. The minimum absolute atomic E-state index is 0.655. The summed E-state index contributed by atoms with van der Waals surface area (Å²) in [6.07, 6.45) is 1.31. The average molecular weight is 318 g/mol. The van der Waals surface area contributed by atoms with Gasteiger partial charge in [-0.3, -0.25) is 0 Å². The Kier molecular flexibility index (Phi) is 22.0. The zero-order valence-electron chi connectivity index (χ0n) is 9.20. The fraction of sp³-hybridized carbons (Fsp3) is 0.778. The zero-order valence-corrected chi connectivity index (χ0v) is 12.4. The molecule has 0 saturated heterocycles. The highest BCUT2D eigenvalue weighted by atomic mass is 79.9. The molecule has 0 aromatic rings. The van der Waals surface area contributed by atoms with E-state index in [1.54, 1.807) is 0 Å². The van der Waals surface area contributed by atoms with E-state index in [0.29, 0.717) is 4.61 Å². The van der Waals surface area contributed by atoms with Gasteiger partial charge >= 0.3 is 0 Å². The molecule has 0 heterocycles. The van der Waals surface area contributed by atoms with Gasteiger partial charge in [0.25, 0.3) is 0 Å². The van der Waals surface area contributed by atoms with Crippen LogP contribution in [0.2, 0.25) is 0 Å². The highest BCUT2D eigenvalue weighted by Crippen LogP contribution is 2.09. The Hall–Kier alpha value is 0.460. The molecule has 0 bridgehead atoms. The Labute approximate surface area is 99.4 Å². The highest BCUT2D eigenvalue weighted by molar-refractivity contribution is 9.14. The van der Waals surface area contributed by atoms with Gasteiger partial charge in [0.1, 0.15) is 0 Å². The first-order valence-electron chi connectivity index (χ1n) is 4.26. The van der Waals surface area contributed by atoms with Crippen LogP contribution in [0.25, 0.3) is 0 Å². The molecule has 0 aliphatic heterocycles. The fourth-order valence-corrected chi connectivity index (χ4v) is 0. The SMILES string of the molecule is C/C(Br)=C(\N)Br.CCC(C)C.CN. The van der Waals surface area contributed by atoms with Crippen molar-refractivity contribution in [3.8, 4) is 0 Å². The summed E-state index contributed by atoms with van der Waals surface area (Å²) < 4.78 is 1.59. The standard InChI is InChI=1S/C5H12.C3H5Br2N.CH5N/c1-4-5(2)3;1-2(4)3(5)6;1-2/h5H,4H2,1-3H3;6H2,1H3;2H2,1H3/b;3-2+;. The molecule has 0 unspecified atom stereocenters. The number of hydrogen-bond donors (Lipinski definition) is 2. The van der Waals surface area contributed by atoms with Crippen molar-refractivity contribution >= 4 is 31.9 Å². The lowest BCUT2D eigenvalue weighted by molar-refractivity contribution is 0.626. The summed E-state index contributed by atoms with van der Waals surface area (Å²) in [5.74, 6) is 0.884. The second-order valence-electron chi connectivity index (χ2n) is 2.68. The number of rotatable bonds is 1. The van der Waals surface area contributed by atoms with Gasteiger partial charge in [-0.05, 0) is 35.8 Å². The molecular formula is C9H22Br2N2. The van der Waals surface area contributed by atoms with Crippen LogP contribution in [0.5, 0.6) is 0 Å². The quantitative estimate of drug-likeness (QED) is 0.727. The number of allylic oxidation sites excluding steroid dienone is 1. The minimum atomic E-state index is 0.655. The molecule has 0 atom stereocenters. The molecular weight excluding hydrogens is 296 g/mol. The highest BCUT2D eigenvalue weighted by Gasteiger charge is 1.81. The molecule has 0 aromatic carbocycles. The monoisotopic (exact) mass is 316 g/mol. The summed E-state index contributed by atoms with van der Waals surface area (Å²) in [6.45, 7) is 8.51. The lowest BCUT2D eigenvalue weighted by Crippen LogP contribution is -1.85. The van der Waals surface area contributed by atoms with Gasteiger partial charge in [-0.25, -0.2) is 0 Å². The number of hydrogen-bond acceptors (Lipinski definition) is 2. The fourth-order valence-electron chi connectivity index (χ4n) is 0. The Bertz CT molecular complexity index is 105. The summed E-state index contributed by atoms with van der Waals surface area (Å²) in [7, 11) is 1.50. The van der Waals surface area contributed by atoms with Crippen LogP contribution >= 0.6 is 31.9 Å². The molecule has 0 amide bonds. The maximum absolute atomic E-state index is 5.18. The molecule has 13 heavy (non-hydrogen) atoms. The molecule has 0 radical (unpaired) electrons. The normalized spacial score (nSPS) is 10.5. The average Bonchev–Trinajstić information content (AvgIpc) is 2.09. The van der Waals surface area contributed by atoms with Crippen LogP contribution in [0, 0.1) is 5.92 Å². The summed E-state index contributed by atoms with van der Waals surface area (Å²) in [6, 6.07) is 0. The molecule has 0 aliphatic carbocycles. The van der Waals surface area contributed by atoms with E-state index < -0.39 is 0 Å². The van der Waals surface area contributed by atoms with E-state index in [4.69, 9.17) is 5.73 Å². The molecule has 0 rings (SSSR count). The van der Waals surface area contributed by atoms with Crippen LogP contribution in [0.1, 0.15) is 34.1 Å². The Morgan fingerprint density at radius 2 is 1.38 bits per heavy atom. The van der Waals surface area contributed by atoms with E-state index in [9.17, 15) is 0 Å². The first kappa shape index (κ1) is 19.1. The number of halogens is 2. The van der Waals surface area contributed by atoms with Crippen molar-refractivity contribution < 1.29 is 0 Å². The summed E-state index contributed by atoms with van der Waals surface area (Å²) in [5, 5.41) is 0. The Morgan fingerprint density at radius 1 is 1.23 bits per heavy atom. The predicted molar refractivity (Wildman–Crippen MR) is 70.0 cm³/mol. The van der Waals surface area contributed by atoms with Gasteiger partial charge in [0, 0.05) is 4.48 Å². The van der Waals surface area contributed by atoms with Gasteiger partial charge in [-0.1, -0.05) is 43.1 Å². The molecule has 0 aromatic heterocycles. The molecule has 0 aliphatic rings. The maximum Gasteiger partial charge on any atom is 0.0853 e. The van der Waals surface area contributed by atoms with Gasteiger partial charge in [-0.15, -0.1) is 0 Å². The van der Waals surface area contributed by atoms with Crippen molar-refractivity contribution in [2.45, 2.75) is 34.1 Å². The summed E-state index contributed by atoms with van der Waals surface area (Å²) >= 11 is 6.20. The van der Waals surface area contributed by atoms with Crippen molar-refractivity contribution in [1.82, 2.24) is 0 Å². The van der Waals surface area contributed by atoms with Crippen LogP contribution < -0.4 is 11.5 Å². The maximum atomic E-state index is 5.18. The van der Waals surface area contributed by atoms with Gasteiger partial charge in [-0.2, -0.15) is 0 Å². The van der Waals surface area contributed by atoms with Crippen molar-refractivity contribution in [2.24, 2.45) is 17.4 Å². The van der Waals surface area contributed by atoms with Crippen LogP contribution in [0.3, 0.4) is 0 Å². The topological polar surface area (TPSA) is 52.0 Å². The molecule has 4 N–H and O–H groups in total. The van der Waals surface area contributed by atoms with Gasteiger partial charge in [0.15, 0.2) is 0 Å². The smallest absolute Gasteiger partial charge is 0.0853 e. The third kappa shape index (κ3) is 32.7. The van der Waals surface area contributed by atoms with Crippen molar-refractivity contribution in [2.75, 3.05) is 7.05 Å². The van der Waals surface area contributed by atoms with Gasteiger partial charge < -0.3 is 11.5 Å². The van der Waals surface area contributed by atoms with E-state index in [2.05, 4.69) is 58.4 Å². The van der Waals surface area contributed by atoms with E-state index in [0.717, 1.165) is 10.4 Å².